The lowest BCUT2D eigenvalue weighted by Gasteiger charge is -1.99. The number of rotatable bonds is 5. The van der Waals surface area contributed by atoms with Crippen LogP contribution in [-0.2, 0) is 4.74 Å². The van der Waals surface area contributed by atoms with Crippen LogP contribution in [-0.4, -0.2) is 29.4 Å². The number of hydrogen-bond donors (Lipinski definition) is 1. The van der Waals surface area contributed by atoms with Gasteiger partial charge in [-0.25, -0.2) is 4.79 Å². The van der Waals surface area contributed by atoms with E-state index in [2.05, 4.69) is 10.2 Å². The van der Waals surface area contributed by atoms with E-state index in [4.69, 9.17) is 4.74 Å². The average molecular weight is 214 g/mol. The third kappa shape index (κ3) is 3.34. The zero-order valence-electron chi connectivity index (χ0n) is 8.92. The maximum absolute atomic E-state index is 11.7. The molecule has 0 bridgehead atoms. The number of aromatic amines is 1. The van der Waals surface area contributed by atoms with Crippen molar-refractivity contribution in [2.75, 3.05) is 13.3 Å². The number of nitrogens with one attached hydrogen (secondary N) is 1. The van der Waals surface area contributed by atoms with Crippen LogP contribution in [0.15, 0.2) is 6.07 Å². The van der Waals surface area contributed by atoms with Gasteiger partial charge in [0, 0.05) is 12.1 Å². The molecule has 1 heterocycles. The predicted molar refractivity (Wildman–Crippen MR) is 53.6 cm³/mol. The maximum Gasteiger partial charge on any atom is 0.358 e. The number of nitrogens with zero attached hydrogens (tertiary/aromatic N) is 1. The van der Waals surface area contributed by atoms with Crippen molar-refractivity contribution in [3.63, 3.8) is 0 Å². The molecule has 0 aliphatic heterocycles. The summed E-state index contributed by atoms with van der Waals surface area (Å²) in [4.78, 5) is 11.3. The van der Waals surface area contributed by atoms with Crippen molar-refractivity contribution in [2.45, 2.75) is 26.2 Å². The summed E-state index contributed by atoms with van der Waals surface area (Å²) >= 11 is 0. The minimum absolute atomic E-state index is 0.0964. The van der Waals surface area contributed by atoms with E-state index in [9.17, 15) is 9.18 Å². The Kier molecular flexibility index (Phi) is 4.27. The van der Waals surface area contributed by atoms with Gasteiger partial charge < -0.3 is 4.74 Å². The van der Waals surface area contributed by atoms with Gasteiger partial charge in [0.2, 0.25) is 0 Å². The second-order valence-corrected chi connectivity index (χ2v) is 3.54. The number of hydrogen-bond acceptors (Lipinski definition) is 3. The molecule has 1 rings (SSSR count). The molecule has 84 valence electrons. The molecule has 0 radical (unpaired) electrons. The van der Waals surface area contributed by atoms with Crippen molar-refractivity contribution >= 4 is 5.97 Å². The fraction of sp³-hybridized carbons (Fsp3) is 0.600. The van der Waals surface area contributed by atoms with Gasteiger partial charge in [-0.15, -0.1) is 0 Å². The first-order chi connectivity index (χ1) is 7.15. The summed E-state index contributed by atoms with van der Waals surface area (Å²) in [5.41, 5.74) is 1.13. The first-order valence-electron chi connectivity index (χ1n) is 4.93. The second kappa shape index (κ2) is 5.48. The summed E-state index contributed by atoms with van der Waals surface area (Å²) in [5.74, 6) is -0.225. The van der Waals surface area contributed by atoms with E-state index in [1.807, 2.05) is 13.8 Å². The predicted octanol–water partition coefficient (Wildman–Crippen LogP) is 2.05. The Hall–Kier alpha value is -1.39. The summed E-state index contributed by atoms with van der Waals surface area (Å²) in [7, 11) is 0. The molecule has 0 fully saturated rings. The molecule has 0 saturated heterocycles. The van der Waals surface area contributed by atoms with Crippen LogP contribution >= 0.6 is 0 Å². The average Bonchev–Trinajstić information content (AvgIpc) is 2.66. The molecular formula is C10H15FN2O2. The van der Waals surface area contributed by atoms with Crippen molar-refractivity contribution in [1.29, 1.82) is 0 Å². The summed E-state index contributed by atoms with van der Waals surface area (Å²) in [6, 6.07) is 1.66. The lowest BCUT2D eigenvalue weighted by Crippen LogP contribution is -2.07. The number of ether oxygens (including phenoxy) is 1. The number of carbonyl (C=O) groups excluding carboxylic acids is 1. The zero-order valence-corrected chi connectivity index (χ0v) is 8.92. The van der Waals surface area contributed by atoms with E-state index < -0.39 is 12.6 Å². The van der Waals surface area contributed by atoms with Crippen molar-refractivity contribution in [3.05, 3.63) is 17.5 Å². The van der Waals surface area contributed by atoms with E-state index in [1.165, 1.54) is 0 Å². The molecule has 1 aromatic heterocycles. The molecule has 0 atom stereocenters. The minimum Gasteiger partial charge on any atom is -0.461 e. The Morgan fingerprint density at radius 3 is 2.93 bits per heavy atom. The highest BCUT2D eigenvalue weighted by Gasteiger charge is 2.12. The van der Waals surface area contributed by atoms with Gasteiger partial charge in [0.15, 0.2) is 5.69 Å². The van der Waals surface area contributed by atoms with Crippen molar-refractivity contribution in [3.8, 4) is 0 Å². The van der Waals surface area contributed by atoms with Crippen LogP contribution in [0, 0.1) is 0 Å². The minimum atomic E-state index is -0.508. The molecule has 0 aromatic carbocycles. The normalized spacial score (nSPS) is 10.7. The zero-order chi connectivity index (χ0) is 11.3. The Morgan fingerprint density at radius 1 is 1.67 bits per heavy atom. The van der Waals surface area contributed by atoms with Gasteiger partial charge in [-0.3, -0.25) is 9.49 Å². The first-order valence-corrected chi connectivity index (χ1v) is 4.93. The van der Waals surface area contributed by atoms with Gasteiger partial charge in [0.1, 0.15) is 0 Å². The molecule has 0 saturated carbocycles. The standard InChI is InChI=1S/C10H15FN2O2/c1-7(2)8-6-9(13-12-8)10(14)15-5-3-4-11/h6-7H,3-5H2,1-2H3,(H,12,13). The van der Waals surface area contributed by atoms with Gasteiger partial charge in [-0.2, -0.15) is 5.10 Å². The Bertz CT molecular complexity index is 323. The van der Waals surface area contributed by atoms with E-state index >= 15 is 0 Å². The number of esters is 1. The highest BCUT2D eigenvalue weighted by molar-refractivity contribution is 5.87. The highest BCUT2D eigenvalue weighted by Crippen LogP contribution is 2.12. The van der Waals surface area contributed by atoms with Crippen LogP contribution in [0.4, 0.5) is 4.39 Å². The largest absolute Gasteiger partial charge is 0.461 e. The Labute approximate surface area is 87.8 Å². The van der Waals surface area contributed by atoms with Crippen molar-refractivity contribution in [2.24, 2.45) is 0 Å². The number of H-pyrrole nitrogens is 1. The van der Waals surface area contributed by atoms with Crippen LogP contribution in [0.2, 0.25) is 0 Å². The summed E-state index contributed by atoms with van der Waals surface area (Å²) in [5, 5.41) is 6.57. The fourth-order valence-corrected chi connectivity index (χ4v) is 1.03. The van der Waals surface area contributed by atoms with Crippen LogP contribution in [0.5, 0.6) is 0 Å². The quantitative estimate of drug-likeness (QED) is 0.602. The van der Waals surface area contributed by atoms with Crippen LogP contribution in [0.1, 0.15) is 42.4 Å². The summed E-state index contributed by atoms with van der Waals surface area (Å²) in [6.07, 6.45) is 0.229. The van der Waals surface area contributed by atoms with Gasteiger partial charge in [0.25, 0.3) is 0 Å². The lowest BCUT2D eigenvalue weighted by atomic mass is 10.1. The molecule has 5 heteroatoms. The van der Waals surface area contributed by atoms with Crippen LogP contribution < -0.4 is 0 Å². The molecule has 0 unspecified atom stereocenters. The molecule has 0 aliphatic rings. The Morgan fingerprint density at radius 2 is 2.40 bits per heavy atom. The van der Waals surface area contributed by atoms with Crippen LogP contribution in [0.3, 0.4) is 0 Å². The first kappa shape index (κ1) is 11.7. The van der Waals surface area contributed by atoms with Gasteiger partial charge in [-0.1, -0.05) is 13.8 Å². The topological polar surface area (TPSA) is 55.0 Å². The molecular weight excluding hydrogens is 199 g/mol. The molecule has 1 aromatic rings. The van der Waals surface area contributed by atoms with Gasteiger partial charge in [0.05, 0.1) is 13.3 Å². The molecule has 0 amide bonds. The van der Waals surface area contributed by atoms with Crippen molar-refractivity contribution < 1.29 is 13.9 Å². The number of carbonyl (C=O) groups is 1. The number of halogens is 1. The number of alkyl halides is 1. The molecule has 0 spiro atoms. The highest BCUT2D eigenvalue weighted by atomic mass is 19.1. The van der Waals surface area contributed by atoms with E-state index in [0.29, 0.717) is 0 Å². The summed E-state index contributed by atoms with van der Waals surface area (Å²) < 4.78 is 16.5. The van der Waals surface area contributed by atoms with E-state index in [1.54, 1.807) is 6.07 Å². The smallest absolute Gasteiger partial charge is 0.358 e. The third-order valence-electron chi connectivity index (χ3n) is 1.94. The monoisotopic (exact) mass is 214 g/mol. The van der Waals surface area contributed by atoms with Crippen molar-refractivity contribution in [1.82, 2.24) is 10.2 Å². The SMILES string of the molecule is CC(C)c1cc(C(=O)OCCCF)n[nH]1. The van der Waals surface area contributed by atoms with E-state index in [0.717, 1.165) is 5.69 Å². The third-order valence-corrected chi connectivity index (χ3v) is 1.94. The molecule has 1 N–H and O–H groups in total. The lowest BCUT2D eigenvalue weighted by molar-refractivity contribution is 0.0487. The second-order valence-electron chi connectivity index (χ2n) is 3.54. The fourth-order valence-electron chi connectivity index (χ4n) is 1.03. The maximum atomic E-state index is 11.7. The van der Waals surface area contributed by atoms with E-state index in [-0.39, 0.29) is 24.6 Å². The molecule has 15 heavy (non-hydrogen) atoms. The molecule has 4 nitrogen and oxygen atoms in total. The number of aromatic nitrogens is 2. The summed E-state index contributed by atoms with van der Waals surface area (Å²) in [6.45, 7) is 3.60. The molecule has 0 aliphatic carbocycles. The van der Waals surface area contributed by atoms with Gasteiger partial charge >= 0.3 is 5.97 Å². The Balaban J connectivity index is 2.51. The van der Waals surface area contributed by atoms with Gasteiger partial charge in [-0.05, 0) is 12.0 Å². The van der Waals surface area contributed by atoms with Crippen LogP contribution in [0.25, 0.3) is 0 Å².